The van der Waals surface area contributed by atoms with E-state index in [1.807, 2.05) is 24.0 Å². The third kappa shape index (κ3) is 3.05. The van der Waals surface area contributed by atoms with Crippen molar-refractivity contribution in [3.05, 3.63) is 29.9 Å². The molecule has 1 amide bonds. The predicted molar refractivity (Wildman–Crippen MR) is 88.4 cm³/mol. The Morgan fingerprint density at radius 2 is 2.08 bits per heavy atom. The molecular formula is C18H22N4O2. The van der Waals surface area contributed by atoms with Crippen molar-refractivity contribution >= 4 is 5.91 Å². The molecule has 0 spiro atoms. The molecule has 2 aromatic heterocycles. The molecule has 0 unspecified atom stereocenters. The third-order valence-corrected chi connectivity index (χ3v) is 4.89. The van der Waals surface area contributed by atoms with Gasteiger partial charge in [-0.2, -0.15) is 4.98 Å². The molecule has 0 bridgehead atoms. The number of pyridine rings is 1. The summed E-state index contributed by atoms with van der Waals surface area (Å²) in [6.07, 6.45) is 7.56. The van der Waals surface area contributed by atoms with Crippen LogP contribution in [0.25, 0.3) is 11.4 Å². The highest BCUT2D eigenvalue weighted by atomic mass is 16.5. The average Bonchev–Trinajstić information content (AvgIpc) is 3.38. The number of aromatic nitrogens is 3. The highest BCUT2D eigenvalue weighted by Gasteiger charge is 2.28. The molecule has 0 aromatic carbocycles. The van der Waals surface area contributed by atoms with E-state index in [0.717, 1.165) is 37.2 Å². The van der Waals surface area contributed by atoms with Crippen molar-refractivity contribution in [3.8, 4) is 11.4 Å². The third-order valence-electron chi connectivity index (χ3n) is 4.89. The number of carbonyl (C=O) groups excluding carboxylic acids is 1. The fraction of sp³-hybridized carbons (Fsp3) is 0.556. The molecule has 6 nitrogen and oxygen atoms in total. The molecule has 1 aliphatic heterocycles. The molecule has 2 aliphatic rings. The molecule has 2 fully saturated rings. The van der Waals surface area contributed by atoms with Gasteiger partial charge in [-0.3, -0.25) is 9.78 Å². The van der Waals surface area contributed by atoms with Gasteiger partial charge in [0.2, 0.25) is 17.6 Å². The first-order valence-corrected chi connectivity index (χ1v) is 8.81. The van der Waals surface area contributed by atoms with E-state index in [-0.39, 0.29) is 5.91 Å². The minimum Gasteiger partial charge on any atom is -0.342 e. The lowest BCUT2D eigenvalue weighted by Gasteiger charge is -2.28. The van der Waals surface area contributed by atoms with Crippen molar-refractivity contribution in [2.45, 2.75) is 50.9 Å². The first kappa shape index (κ1) is 15.3. The summed E-state index contributed by atoms with van der Waals surface area (Å²) < 4.78 is 5.38. The Morgan fingerprint density at radius 1 is 1.29 bits per heavy atom. The molecule has 24 heavy (non-hydrogen) atoms. The molecule has 126 valence electrons. The van der Waals surface area contributed by atoms with E-state index in [4.69, 9.17) is 4.52 Å². The van der Waals surface area contributed by atoms with Crippen molar-refractivity contribution in [2.24, 2.45) is 0 Å². The number of nitrogens with zero attached hydrogens (tertiary/aromatic N) is 4. The van der Waals surface area contributed by atoms with Crippen molar-refractivity contribution in [1.82, 2.24) is 20.0 Å². The first-order valence-electron chi connectivity index (χ1n) is 8.81. The SMILES string of the molecule is C[C@H](C(=O)N1CCCCC1)c1nc(-c2ccnc(C3CC3)c2)no1. The zero-order valence-electron chi connectivity index (χ0n) is 13.9. The Bertz CT molecular complexity index is 732. The summed E-state index contributed by atoms with van der Waals surface area (Å²) in [5.74, 6) is 1.20. The fourth-order valence-corrected chi connectivity index (χ4v) is 3.21. The summed E-state index contributed by atoms with van der Waals surface area (Å²) in [7, 11) is 0. The number of piperidine rings is 1. The van der Waals surface area contributed by atoms with Gasteiger partial charge >= 0.3 is 0 Å². The Labute approximate surface area is 141 Å². The number of hydrogen-bond acceptors (Lipinski definition) is 5. The van der Waals surface area contributed by atoms with Gasteiger partial charge in [0.25, 0.3) is 0 Å². The Balaban J connectivity index is 1.51. The lowest BCUT2D eigenvalue weighted by molar-refractivity contribution is -0.133. The van der Waals surface area contributed by atoms with E-state index < -0.39 is 5.92 Å². The molecule has 1 aliphatic carbocycles. The number of likely N-dealkylation sites (tertiary alicyclic amines) is 1. The molecule has 1 saturated heterocycles. The monoisotopic (exact) mass is 326 g/mol. The van der Waals surface area contributed by atoms with Gasteiger partial charge in [0, 0.05) is 36.5 Å². The summed E-state index contributed by atoms with van der Waals surface area (Å²) >= 11 is 0. The molecule has 0 N–H and O–H groups in total. The molecule has 1 saturated carbocycles. The lowest BCUT2D eigenvalue weighted by atomic mass is 10.1. The van der Waals surface area contributed by atoms with Crippen molar-refractivity contribution in [1.29, 1.82) is 0 Å². The van der Waals surface area contributed by atoms with Crippen molar-refractivity contribution < 1.29 is 9.32 Å². The van der Waals surface area contributed by atoms with Gasteiger partial charge in [0.05, 0.1) is 0 Å². The van der Waals surface area contributed by atoms with E-state index in [1.165, 1.54) is 19.3 Å². The lowest BCUT2D eigenvalue weighted by Crippen LogP contribution is -2.38. The van der Waals surface area contributed by atoms with Crippen LogP contribution < -0.4 is 0 Å². The first-order chi connectivity index (χ1) is 11.7. The minimum absolute atomic E-state index is 0.0818. The van der Waals surface area contributed by atoms with Gasteiger partial charge in [-0.05, 0) is 51.2 Å². The maximum Gasteiger partial charge on any atom is 0.239 e. The number of rotatable bonds is 4. The van der Waals surface area contributed by atoms with Crippen LogP contribution in [0.3, 0.4) is 0 Å². The maximum absolute atomic E-state index is 12.6. The van der Waals surface area contributed by atoms with Crippen LogP contribution in [0.1, 0.15) is 62.4 Å². The molecular weight excluding hydrogens is 304 g/mol. The normalized spacial score (nSPS) is 19.3. The topological polar surface area (TPSA) is 72.1 Å². The number of hydrogen-bond donors (Lipinski definition) is 0. The van der Waals surface area contributed by atoms with Gasteiger partial charge in [0.1, 0.15) is 5.92 Å². The quantitative estimate of drug-likeness (QED) is 0.863. The van der Waals surface area contributed by atoms with E-state index >= 15 is 0 Å². The standard InChI is InChI=1S/C18H22N4O2/c1-12(18(23)22-9-3-2-4-10-22)17-20-16(21-24-17)14-7-8-19-15(11-14)13-5-6-13/h7-8,11-13H,2-6,9-10H2,1H3/t12-/m0/s1. The molecule has 6 heteroatoms. The average molecular weight is 326 g/mol. The van der Waals surface area contributed by atoms with Crippen LogP contribution in [0, 0.1) is 0 Å². The summed E-state index contributed by atoms with van der Waals surface area (Å²) in [6, 6.07) is 3.92. The van der Waals surface area contributed by atoms with E-state index in [0.29, 0.717) is 17.6 Å². The molecule has 0 radical (unpaired) electrons. The van der Waals surface area contributed by atoms with Crippen molar-refractivity contribution in [3.63, 3.8) is 0 Å². The van der Waals surface area contributed by atoms with E-state index in [1.54, 1.807) is 6.20 Å². The fourth-order valence-electron chi connectivity index (χ4n) is 3.21. The summed E-state index contributed by atoms with van der Waals surface area (Å²) in [6.45, 7) is 3.51. The number of amides is 1. The predicted octanol–water partition coefficient (Wildman–Crippen LogP) is 3.13. The van der Waals surface area contributed by atoms with Crippen molar-refractivity contribution in [2.75, 3.05) is 13.1 Å². The van der Waals surface area contributed by atoms with Gasteiger partial charge < -0.3 is 9.42 Å². The minimum atomic E-state index is -0.394. The highest BCUT2D eigenvalue weighted by molar-refractivity contribution is 5.82. The second-order valence-corrected chi connectivity index (χ2v) is 6.81. The van der Waals surface area contributed by atoms with Crippen LogP contribution in [-0.4, -0.2) is 39.0 Å². The Hall–Kier alpha value is -2.24. The van der Waals surface area contributed by atoms with Crippen LogP contribution in [0.15, 0.2) is 22.9 Å². The molecule has 4 rings (SSSR count). The van der Waals surface area contributed by atoms with Gasteiger partial charge in [-0.1, -0.05) is 5.16 Å². The van der Waals surface area contributed by atoms with Gasteiger partial charge in [-0.15, -0.1) is 0 Å². The van der Waals surface area contributed by atoms with Crippen LogP contribution in [0.2, 0.25) is 0 Å². The summed E-state index contributed by atoms with van der Waals surface area (Å²) in [5.41, 5.74) is 2.00. The van der Waals surface area contributed by atoms with Crippen LogP contribution in [0.4, 0.5) is 0 Å². The zero-order valence-corrected chi connectivity index (χ0v) is 13.9. The molecule has 1 atom stereocenters. The largest absolute Gasteiger partial charge is 0.342 e. The Morgan fingerprint density at radius 3 is 2.83 bits per heavy atom. The second-order valence-electron chi connectivity index (χ2n) is 6.81. The zero-order chi connectivity index (χ0) is 16.5. The smallest absolute Gasteiger partial charge is 0.239 e. The number of carbonyl (C=O) groups is 1. The molecule has 3 heterocycles. The van der Waals surface area contributed by atoms with E-state index in [9.17, 15) is 4.79 Å². The molecule has 2 aromatic rings. The van der Waals surface area contributed by atoms with Gasteiger partial charge in [-0.25, -0.2) is 0 Å². The van der Waals surface area contributed by atoms with Crippen LogP contribution in [0.5, 0.6) is 0 Å². The van der Waals surface area contributed by atoms with E-state index in [2.05, 4.69) is 15.1 Å². The Kier molecular flexibility index (Phi) is 4.04. The van der Waals surface area contributed by atoms with Crippen LogP contribution >= 0.6 is 0 Å². The summed E-state index contributed by atoms with van der Waals surface area (Å²) in [5, 5.41) is 4.07. The second kappa shape index (κ2) is 6.34. The summed E-state index contributed by atoms with van der Waals surface area (Å²) in [4.78, 5) is 23.4. The van der Waals surface area contributed by atoms with Crippen LogP contribution in [-0.2, 0) is 4.79 Å². The van der Waals surface area contributed by atoms with Gasteiger partial charge in [0.15, 0.2) is 0 Å². The maximum atomic E-state index is 12.6. The highest BCUT2D eigenvalue weighted by Crippen LogP contribution is 2.39.